The molecule has 0 aromatic heterocycles. The highest BCUT2D eigenvalue weighted by molar-refractivity contribution is 6.00. The molecule has 3 amide bonds. The number of alkyl halides is 3. The third-order valence-corrected chi connectivity index (χ3v) is 5.52. The molecule has 0 aliphatic carbocycles. The number of carbonyl (C=O) groups excluding carboxylic acids is 2. The van der Waals surface area contributed by atoms with E-state index in [0.717, 1.165) is 6.07 Å². The maximum absolute atomic E-state index is 15.2. The highest BCUT2D eigenvalue weighted by Crippen LogP contribution is 2.38. The van der Waals surface area contributed by atoms with Crippen LogP contribution in [0.5, 0.6) is 0 Å². The molecule has 4 rings (SSSR count). The van der Waals surface area contributed by atoms with E-state index in [4.69, 9.17) is 0 Å². The van der Waals surface area contributed by atoms with Crippen LogP contribution in [0.25, 0.3) is 0 Å². The lowest BCUT2D eigenvalue weighted by Gasteiger charge is -2.21. The lowest BCUT2D eigenvalue weighted by atomic mass is 10.1. The van der Waals surface area contributed by atoms with E-state index in [1.165, 1.54) is 13.1 Å². The summed E-state index contributed by atoms with van der Waals surface area (Å²) in [4.78, 5) is 26.1. The van der Waals surface area contributed by atoms with Gasteiger partial charge in [0.25, 0.3) is 5.91 Å². The van der Waals surface area contributed by atoms with Crippen molar-refractivity contribution >= 4 is 34.7 Å². The smallest absolute Gasteiger partial charge is 0.355 e. The van der Waals surface area contributed by atoms with Crippen LogP contribution in [0.2, 0.25) is 0 Å². The summed E-state index contributed by atoms with van der Waals surface area (Å²) in [7, 11) is 1.52. The van der Waals surface area contributed by atoms with Gasteiger partial charge in [-0.15, -0.1) is 0 Å². The molecule has 0 saturated heterocycles. The van der Waals surface area contributed by atoms with Gasteiger partial charge in [-0.1, -0.05) is 6.07 Å². The lowest BCUT2D eigenvalue weighted by Crippen LogP contribution is -2.21. The van der Waals surface area contributed by atoms with Gasteiger partial charge in [0.1, 0.15) is 5.82 Å². The molecule has 0 atom stereocenters. The highest BCUT2D eigenvalue weighted by Gasteiger charge is 2.34. The summed E-state index contributed by atoms with van der Waals surface area (Å²) in [5.41, 5.74) is 0.0490. The van der Waals surface area contributed by atoms with Gasteiger partial charge in [-0.25, -0.2) is 13.6 Å². The number of halogens is 5. The van der Waals surface area contributed by atoms with E-state index in [1.54, 1.807) is 30.3 Å². The maximum Gasteiger partial charge on any atom is 0.419 e. The lowest BCUT2D eigenvalue weighted by molar-refractivity contribution is -0.139. The van der Waals surface area contributed by atoms with Crippen LogP contribution in [0.4, 0.5) is 49.5 Å². The number of nitrogens with zero attached hydrogens (tertiary/aromatic N) is 1. The molecular formula is C24H19F5N4O2. The molecule has 35 heavy (non-hydrogen) atoms. The molecule has 182 valence electrons. The summed E-state index contributed by atoms with van der Waals surface area (Å²) in [6.07, 6.45) is -4.61. The predicted octanol–water partition coefficient (Wildman–Crippen LogP) is 5.68. The predicted molar refractivity (Wildman–Crippen MR) is 121 cm³/mol. The quantitative estimate of drug-likeness (QED) is 0.412. The molecule has 0 unspecified atom stereocenters. The number of carbonyl (C=O) groups is 2. The van der Waals surface area contributed by atoms with Crippen LogP contribution >= 0.6 is 0 Å². The zero-order valence-corrected chi connectivity index (χ0v) is 18.3. The van der Waals surface area contributed by atoms with E-state index in [1.807, 2.05) is 4.90 Å². The molecular weight excluding hydrogens is 471 g/mol. The molecule has 1 aliphatic rings. The van der Waals surface area contributed by atoms with Gasteiger partial charge < -0.3 is 20.9 Å². The van der Waals surface area contributed by atoms with Gasteiger partial charge in [-0.05, 0) is 55.0 Å². The minimum atomic E-state index is -4.93. The summed E-state index contributed by atoms with van der Waals surface area (Å²) >= 11 is 0. The number of benzene rings is 3. The summed E-state index contributed by atoms with van der Waals surface area (Å²) in [6.45, 7) is 0.439. The second-order valence-electron chi connectivity index (χ2n) is 7.73. The first-order chi connectivity index (χ1) is 16.6. The van der Waals surface area contributed by atoms with Crippen LogP contribution in [0.15, 0.2) is 54.6 Å². The van der Waals surface area contributed by atoms with Crippen LogP contribution < -0.4 is 20.9 Å². The van der Waals surface area contributed by atoms with E-state index >= 15 is 4.39 Å². The summed E-state index contributed by atoms with van der Waals surface area (Å²) in [6, 6.07) is 10.8. The summed E-state index contributed by atoms with van der Waals surface area (Å²) in [5, 5.41) is 6.97. The average Bonchev–Trinajstić information content (AvgIpc) is 3.26. The van der Waals surface area contributed by atoms with E-state index in [-0.39, 0.29) is 17.3 Å². The molecule has 0 fully saturated rings. The van der Waals surface area contributed by atoms with Crippen molar-refractivity contribution in [1.82, 2.24) is 5.32 Å². The molecule has 1 heterocycles. The standard InChI is InChI=1S/C24H19F5N4O2/c1-30-22(34)13-3-2-4-15(11-13)33-10-9-16-20(33)8-7-19(21(16)26)32-23(35)31-14-5-6-18(25)17(12-14)24(27,28)29/h2-8,11-12H,9-10H2,1H3,(H,30,34)(H2,31,32,35). The minimum absolute atomic E-state index is 0.166. The van der Waals surface area contributed by atoms with Crippen LogP contribution in [-0.4, -0.2) is 25.5 Å². The Kier molecular flexibility index (Phi) is 6.33. The van der Waals surface area contributed by atoms with Crippen LogP contribution in [0.3, 0.4) is 0 Å². The molecule has 0 saturated carbocycles. The van der Waals surface area contributed by atoms with E-state index < -0.39 is 29.4 Å². The zero-order valence-electron chi connectivity index (χ0n) is 18.3. The van der Waals surface area contributed by atoms with Crippen molar-refractivity contribution in [2.24, 2.45) is 0 Å². The fourth-order valence-corrected chi connectivity index (χ4v) is 3.87. The number of fused-ring (bicyclic) bond motifs is 1. The fourth-order valence-electron chi connectivity index (χ4n) is 3.87. The van der Waals surface area contributed by atoms with Gasteiger partial charge in [0.2, 0.25) is 0 Å². The normalized spacial score (nSPS) is 12.8. The van der Waals surface area contributed by atoms with Gasteiger partial charge in [0.15, 0.2) is 5.82 Å². The second kappa shape index (κ2) is 9.24. The molecule has 0 bridgehead atoms. The number of rotatable bonds is 4. The monoisotopic (exact) mass is 490 g/mol. The molecule has 11 heteroatoms. The number of nitrogens with one attached hydrogen (secondary N) is 3. The van der Waals surface area contributed by atoms with Crippen molar-refractivity contribution in [1.29, 1.82) is 0 Å². The van der Waals surface area contributed by atoms with Crippen molar-refractivity contribution in [3.8, 4) is 0 Å². The number of anilines is 4. The molecule has 0 radical (unpaired) electrons. The first-order valence-corrected chi connectivity index (χ1v) is 10.4. The molecule has 3 aromatic rings. The van der Waals surface area contributed by atoms with E-state index in [2.05, 4.69) is 16.0 Å². The number of hydrogen-bond donors (Lipinski definition) is 3. The maximum atomic E-state index is 15.2. The summed E-state index contributed by atoms with van der Waals surface area (Å²) < 4.78 is 67.3. The Bertz CT molecular complexity index is 1310. The number of hydrogen-bond acceptors (Lipinski definition) is 3. The Morgan fingerprint density at radius 1 is 0.971 bits per heavy atom. The van der Waals surface area contributed by atoms with Gasteiger partial charge in [0.05, 0.1) is 11.3 Å². The number of amides is 3. The first kappa shape index (κ1) is 24.0. The van der Waals surface area contributed by atoms with Crippen LogP contribution in [0.1, 0.15) is 21.5 Å². The summed E-state index contributed by atoms with van der Waals surface area (Å²) in [5.74, 6) is -2.41. The Labute approximate surface area is 196 Å². The van der Waals surface area contributed by atoms with Crippen LogP contribution in [-0.2, 0) is 12.6 Å². The highest BCUT2D eigenvalue weighted by atomic mass is 19.4. The number of urea groups is 1. The first-order valence-electron chi connectivity index (χ1n) is 10.4. The van der Waals surface area contributed by atoms with E-state index in [0.29, 0.717) is 47.6 Å². The van der Waals surface area contributed by atoms with Gasteiger partial charge in [0, 0.05) is 41.8 Å². The molecule has 3 aromatic carbocycles. The van der Waals surface area contributed by atoms with Crippen molar-refractivity contribution in [2.75, 3.05) is 29.1 Å². The Morgan fingerprint density at radius 3 is 2.46 bits per heavy atom. The molecule has 6 nitrogen and oxygen atoms in total. The van der Waals surface area contributed by atoms with Crippen LogP contribution in [0, 0.1) is 11.6 Å². The van der Waals surface area contributed by atoms with Gasteiger partial charge in [-0.3, -0.25) is 4.79 Å². The molecule has 0 spiro atoms. The third-order valence-electron chi connectivity index (χ3n) is 5.52. The van der Waals surface area contributed by atoms with Crippen molar-refractivity contribution in [3.63, 3.8) is 0 Å². The van der Waals surface area contributed by atoms with Gasteiger partial charge in [-0.2, -0.15) is 13.2 Å². The van der Waals surface area contributed by atoms with Crippen molar-refractivity contribution in [2.45, 2.75) is 12.6 Å². The SMILES string of the molecule is CNC(=O)c1cccc(N2CCc3c2ccc(NC(=O)Nc2ccc(F)c(C(F)(F)F)c2)c3F)c1. The Balaban J connectivity index is 1.52. The third kappa shape index (κ3) is 4.88. The zero-order chi connectivity index (χ0) is 25.3. The largest absolute Gasteiger partial charge is 0.419 e. The second-order valence-corrected chi connectivity index (χ2v) is 7.73. The molecule has 3 N–H and O–H groups in total. The van der Waals surface area contributed by atoms with E-state index in [9.17, 15) is 27.2 Å². The Hall–Kier alpha value is -4.15. The minimum Gasteiger partial charge on any atom is -0.355 e. The topological polar surface area (TPSA) is 73.5 Å². The van der Waals surface area contributed by atoms with Crippen molar-refractivity contribution < 1.29 is 31.5 Å². The Morgan fingerprint density at radius 2 is 1.74 bits per heavy atom. The van der Waals surface area contributed by atoms with Crippen molar-refractivity contribution in [3.05, 3.63) is 82.9 Å². The average molecular weight is 490 g/mol. The fraction of sp³-hybridized carbons (Fsp3) is 0.167. The van der Waals surface area contributed by atoms with Gasteiger partial charge >= 0.3 is 12.2 Å². The molecule has 1 aliphatic heterocycles.